The molecule has 0 fully saturated rings. The molecule has 1 aliphatic carbocycles. The Balaban J connectivity index is 1.51. The van der Waals surface area contributed by atoms with Gasteiger partial charge in [-0.05, 0) is 64.7 Å². The molecule has 192 valence electrons. The predicted octanol–water partition coefficient (Wildman–Crippen LogP) is 10.2. The smallest absolute Gasteiger partial charge is 0.0628 e. The standard InChI is InChI=1S/C39H26N2/c1-39(2)30-17-9-6-14-24(30)27-21-34-29(20-31(27)39)37-36-26-16-8-11-19-33(26)40(23-12-4-3-5-13-23)35(36)22-28-25-15-7-10-18-32(25)41(34)38(28)37/h3-22H,1-2H3. The average molecular weight is 523 g/mol. The van der Waals surface area contributed by atoms with Crippen molar-refractivity contribution in [2.75, 3.05) is 0 Å². The molecule has 2 nitrogen and oxygen atoms in total. The zero-order valence-electron chi connectivity index (χ0n) is 22.9. The molecule has 0 bridgehead atoms. The van der Waals surface area contributed by atoms with E-state index in [1.807, 2.05) is 0 Å². The van der Waals surface area contributed by atoms with Crippen molar-refractivity contribution in [3.05, 3.63) is 132 Å². The highest BCUT2D eigenvalue weighted by atomic mass is 15.0. The van der Waals surface area contributed by atoms with E-state index in [4.69, 9.17) is 0 Å². The van der Waals surface area contributed by atoms with Crippen LogP contribution >= 0.6 is 0 Å². The van der Waals surface area contributed by atoms with Crippen molar-refractivity contribution in [3.8, 4) is 16.8 Å². The van der Waals surface area contributed by atoms with Crippen molar-refractivity contribution in [2.24, 2.45) is 0 Å². The van der Waals surface area contributed by atoms with Gasteiger partial charge in [-0.2, -0.15) is 0 Å². The van der Waals surface area contributed by atoms with Gasteiger partial charge in [0.1, 0.15) is 0 Å². The van der Waals surface area contributed by atoms with Crippen LogP contribution in [0.5, 0.6) is 0 Å². The maximum absolute atomic E-state index is 2.54. The lowest BCUT2D eigenvalue weighted by atomic mass is 9.82. The Kier molecular flexibility index (Phi) is 3.79. The van der Waals surface area contributed by atoms with Gasteiger partial charge in [0.15, 0.2) is 0 Å². The van der Waals surface area contributed by atoms with Gasteiger partial charge < -0.3 is 8.97 Å². The summed E-state index contributed by atoms with van der Waals surface area (Å²) in [4.78, 5) is 0. The number of hydrogen-bond donors (Lipinski definition) is 0. The first-order valence-corrected chi connectivity index (χ1v) is 14.5. The number of fused-ring (bicyclic) bond motifs is 13. The fourth-order valence-electron chi connectivity index (χ4n) is 8.06. The number of benzene rings is 6. The number of hydrogen-bond acceptors (Lipinski definition) is 0. The van der Waals surface area contributed by atoms with E-state index in [0.717, 1.165) is 0 Å². The van der Waals surface area contributed by atoms with Crippen molar-refractivity contribution in [1.82, 2.24) is 8.97 Å². The normalized spacial score (nSPS) is 14.3. The van der Waals surface area contributed by atoms with Gasteiger partial charge in [-0.15, -0.1) is 0 Å². The van der Waals surface area contributed by atoms with Crippen molar-refractivity contribution >= 4 is 59.9 Å². The van der Waals surface area contributed by atoms with Crippen molar-refractivity contribution in [2.45, 2.75) is 19.3 Å². The molecule has 2 heteroatoms. The highest BCUT2D eigenvalue weighted by Gasteiger charge is 2.36. The molecule has 0 saturated heterocycles. The van der Waals surface area contributed by atoms with E-state index >= 15 is 0 Å². The van der Waals surface area contributed by atoms with Crippen LogP contribution in [0.15, 0.2) is 121 Å². The quantitative estimate of drug-likeness (QED) is 0.203. The molecule has 3 aromatic heterocycles. The van der Waals surface area contributed by atoms with Crippen LogP contribution in [0.25, 0.3) is 76.7 Å². The van der Waals surface area contributed by atoms with Gasteiger partial charge in [0, 0.05) is 43.4 Å². The van der Waals surface area contributed by atoms with E-state index in [1.54, 1.807) is 0 Å². The fourth-order valence-corrected chi connectivity index (χ4v) is 8.06. The summed E-state index contributed by atoms with van der Waals surface area (Å²) in [6.45, 7) is 4.76. The van der Waals surface area contributed by atoms with Gasteiger partial charge >= 0.3 is 0 Å². The van der Waals surface area contributed by atoms with Crippen molar-refractivity contribution in [3.63, 3.8) is 0 Å². The molecule has 0 saturated carbocycles. The van der Waals surface area contributed by atoms with Gasteiger partial charge in [-0.1, -0.05) is 92.7 Å². The summed E-state index contributed by atoms with van der Waals surface area (Å²) in [5.74, 6) is 0. The van der Waals surface area contributed by atoms with Gasteiger partial charge in [0.25, 0.3) is 0 Å². The molecule has 10 rings (SSSR count). The number of aromatic nitrogens is 2. The molecule has 0 unspecified atom stereocenters. The molecule has 6 aromatic carbocycles. The Morgan fingerprint density at radius 3 is 2.02 bits per heavy atom. The van der Waals surface area contributed by atoms with Crippen LogP contribution in [0.3, 0.4) is 0 Å². The summed E-state index contributed by atoms with van der Waals surface area (Å²) in [5.41, 5.74) is 13.1. The van der Waals surface area contributed by atoms with Gasteiger partial charge in [0.05, 0.1) is 27.6 Å². The minimum Gasteiger partial charge on any atom is -0.309 e. The molecule has 41 heavy (non-hydrogen) atoms. The van der Waals surface area contributed by atoms with Gasteiger partial charge in [0.2, 0.25) is 0 Å². The van der Waals surface area contributed by atoms with E-state index in [1.165, 1.54) is 87.8 Å². The van der Waals surface area contributed by atoms with Crippen LogP contribution in [0.2, 0.25) is 0 Å². The number of nitrogens with zero attached hydrogens (tertiary/aromatic N) is 2. The first-order valence-electron chi connectivity index (χ1n) is 14.5. The Hall–Kier alpha value is -5.08. The Bertz CT molecular complexity index is 2540. The molecule has 0 atom stereocenters. The second kappa shape index (κ2) is 7.16. The van der Waals surface area contributed by atoms with Crippen LogP contribution in [0.1, 0.15) is 25.0 Å². The Morgan fingerprint density at radius 2 is 1.17 bits per heavy atom. The highest BCUT2D eigenvalue weighted by molar-refractivity contribution is 6.36. The maximum Gasteiger partial charge on any atom is 0.0628 e. The van der Waals surface area contributed by atoms with Crippen LogP contribution in [-0.2, 0) is 5.41 Å². The Morgan fingerprint density at radius 1 is 0.463 bits per heavy atom. The summed E-state index contributed by atoms with van der Waals surface area (Å²) >= 11 is 0. The molecule has 0 amide bonds. The molecular weight excluding hydrogens is 496 g/mol. The van der Waals surface area contributed by atoms with E-state index in [9.17, 15) is 0 Å². The third kappa shape index (κ3) is 2.46. The second-order valence-corrected chi connectivity index (χ2v) is 12.2. The summed E-state index contributed by atoms with van der Waals surface area (Å²) in [5, 5.41) is 7.98. The lowest BCUT2D eigenvalue weighted by Gasteiger charge is -2.21. The summed E-state index contributed by atoms with van der Waals surface area (Å²) in [6, 6.07) is 45.1. The third-order valence-corrected chi connectivity index (χ3v) is 9.82. The summed E-state index contributed by atoms with van der Waals surface area (Å²) in [7, 11) is 0. The fraction of sp³-hybridized carbons (Fsp3) is 0.0769. The van der Waals surface area contributed by atoms with Crippen LogP contribution < -0.4 is 0 Å². The zero-order valence-corrected chi connectivity index (χ0v) is 22.9. The molecule has 0 aliphatic heterocycles. The molecule has 9 aromatic rings. The van der Waals surface area contributed by atoms with E-state index in [-0.39, 0.29) is 5.41 Å². The average Bonchev–Trinajstić information content (AvgIpc) is 3.69. The molecule has 0 spiro atoms. The topological polar surface area (TPSA) is 9.34 Å². The van der Waals surface area contributed by atoms with Crippen LogP contribution in [0.4, 0.5) is 0 Å². The summed E-state index contributed by atoms with van der Waals surface area (Å²) in [6.07, 6.45) is 0. The predicted molar refractivity (Wildman–Crippen MR) is 173 cm³/mol. The monoisotopic (exact) mass is 522 g/mol. The minimum absolute atomic E-state index is 0.0503. The zero-order chi connectivity index (χ0) is 27.0. The van der Waals surface area contributed by atoms with Crippen LogP contribution in [-0.4, -0.2) is 8.97 Å². The van der Waals surface area contributed by atoms with Crippen LogP contribution in [0, 0.1) is 0 Å². The van der Waals surface area contributed by atoms with Crippen molar-refractivity contribution < 1.29 is 0 Å². The number of para-hydroxylation sites is 3. The van der Waals surface area contributed by atoms with E-state index in [2.05, 4.69) is 144 Å². The molecule has 3 heterocycles. The number of rotatable bonds is 1. The third-order valence-electron chi connectivity index (χ3n) is 9.82. The van der Waals surface area contributed by atoms with Gasteiger partial charge in [-0.3, -0.25) is 0 Å². The molecular formula is C39H26N2. The second-order valence-electron chi connectivity index (χ2n) is 12.2. The van der Waals surface area contributed by atoms with Crippen molar-refractivity contribution in [1.29, 1.82) is 0 Å². The molecule has 0 N–H and O–H groups in total. The minimum atomic E-state index is -0.0503. The molecule has 1 aliphatic rings. The molecule has 0 radical (unpaired) electrons. The largest absolute Gasteiger partial charge is 0.309 e. The van der Waals surface area contributed by atoms with E-state index in [0.29, 0.717) is 0 Å². The first kappa shape index (κ1) is 21.7. The SMILES string of the molecule is CC1(C)c2ccccc2-c2cc3c(cc21)c1c2c4ccccc4n(-c4ccccc4)c2cc2c4ccccc4n3c21. The Labute approximate surface area is 237 Å². The first-order chi connectivity index (χ1) is 20.1. The van der Waals surface area contributed by atoms with E-state index < -0.39 is 0 Å². The lowest BCUT2D eigenvalue weighted by molar-refractivity contribution is 0.661. The lowest BCUT2D eigenvalue weighted by Crippen LogP contribution is -2.14. The maximum atomic E-state index is 2.54. The highest BCUT2D eigenvalue weighted by Crippen LogP contribution is 2.53. The van der Waals surface area contributed by atoms with Gasteiger partial charge in [-0.25, -0.2) is 0 Å². The summed E-state index contributed by atoms with van der Waals surface area (Å²) < 4.78 is 5.00.